The van der Waals surface area contributed by atoms with E-state index in [2.05, 4.69) is 6.92 Å². The van der Waals surface area contributed by atoms with E-state index in [1.807, 2.05) is 6.92 Å². The molecule has 0 aromatic heterocycles. The van der Waals surface area contributed by atoms with Crippen LogP contribution in [0.3, 0.4) is 0 Å². The monoisotopic (exact) mass is 265 g/mol. The third-order valence-corrected chi connectivity index (χ3v) is 3.71. The minimum absolute atomic E-state index is 0.0322. The van der Waals surface area contributed by atoms with E-state index in [1.165, 1.54) is 0 Å². The van der Waals surface area contributed by atoms with Crippen LogP contribution < -0.4 is 0 Å². The molecular formula is C13H22F3NO. The Labute approximate surface area is 107 Å². The molecule has 5 heteroatoms. The first-order valence-corrected chi connectivity index (χ1v) is 6.47. The van der Waals surface area contributed by atoms with Gasteiger partial charge in [-0.05, 0) is 25.3 Å². The highest BCUT2D eigenvalue weighted by Gasteiger charge is 2.34. The van der Waals surface area contributed by atoms with E-state index in [4.69, 9.17) is 0 Å². The number of hydrogen-bond donors (Lipinski definition) is 0. The standard InChI is InChI=1S/C13H22F3NO/c1-9-6-10(2)11(12(18)7-9)8-17(3)5-4-13(14,15)16/h9-11H,4-8H2,1-3H3. The lowest BCUT2D eigenvalue weighted by Crippen LogP contribution is -2.39. The van der Waals surface area contributed by atoms with Gasteiger partial charge in [0.2, 0.25) is 0 Å². The van der Waals surface area contributed by atoms with Gasteiger partial charge < -0.3 is 4.90 Å². The average molecular weight is 265 g/mol. The van der Waals surface area contributed by atoms with Gasteiger partial charge >= 0.3 is 6.18 Å². The zero-order chi connectivity index (χ0) is 13.9. The third-order valence-electron chi connectivity index (χ3n) is 3.71. The number of nitrogens with zero attached hydrogens (tertiary/aromatic N) is 1. The maximum absolute atomic E-state index is 12.1. The van der Waals surface area contributed by atoms with Crippen LogP contribution in [0.5, 0.6) is 0 Å². The molecule has 1 aliphatic carbocycles. The number of carbonyl (C=O) groups excluding carboxylic acids is 1. The SMILES string of the molecule is CC1CC(=O)C(CN(C)CCC(F)(F)F)C(C)C1. The van der Waals surface area contributed by atoms with Crippen molar-refractivity contribution in [3.8, 4) is 0 Å². The van der Waals surface area contributed by atoms with Gasteiger partial charge in [-0.2, -0.15) is 13.2 Å². The van der Waals surface area contributed by atoms with E-state index in [-0.39, 0.29) is 24.2 Å². The van der Waals surface area contributed by atoms with Crippen LogP contribution in [0.2, 0.25) is 0 Å². The van der Waals surface area contributed by atoms with Crippen molar-refractivity contribution < 1.29 is 18.0 Å². The summed E-state index contributed by atoms with van der Waals surface area (Å²) in [5.41, 5.74) is 0. The Kier molecular flexibility index (Phi) is 5.20. The molecule has 0 aromatic rings. The molecule has 0 saturated heterocycles. The maximum Gasteiger partial charge on any atom is 0.390 e. The highest BCUT2D eigenvalue weighted by Crippen LogP contribution is 2.31. The molecule has 1 saturated carbocycles. The molecule has 0 heterocycles. The molecule has 1 aliphatic rings. The number of alkyl halides is 3. The van der Waals surface area contributed by atoms with Crippen molar-refractivity contribution in [2.75, 3.05) is 20.1 Å². The predicted molar refractivity (Wildman–Crippen MR) is 64.2 cm³/mol. The lowest BCUT2D eigenvalue weighted by atomic mass is 9.74. The van der Waals surface area contributed by atoms with Gasteiger partial charge in [-0.1, -0.05) is 13.8 Å². The maximum atomic E-state index is 12.1. The number of carbonyl (C=O) groups is 1. The van der Waals surface area contributed by atoms with E-state index in [0.717, 1.165) is 6.42 Å². The molecule has 1 fully saturated rings. The van der Waals surface area contributed by atoms with Crippen LogP contribution >= 0.6 is 0 Å². The van der Waals surface area contributed by atoms with Gasteiger partial charge in [-0.3, -0.25) is 4.79 Å². The van der Waals surface area contributed by atoms with Crippen LogP contribution in [0.1, 0.15) is 33.1 Å². The van der Waals surface area contributed by atoms with Crippen molar-refractivity contribution >= 4 is 5.78 Å². The summed E-state index contributed by atoms with van der Waals surface area (Å²) >= 11 is 0. The number of Topliss-reactive ketones (excluding diaryl/α,β-unsaturated/α-hetero) is 1. The first kappa shape index (κ1) is 15.5. The summed E-state index contributed by atoms with van der Waals surface area (Å²) in [4.78, 5) is 13.5. The molecule has 0 aliphatic heterocycles. The fourth-order valence-corrected chi connectivity index (χ4v) is 2.72. The largest absolute Gasteiger partial charge is 0.390 e. The predicted octanol–water partition coefficient (Wildman–Crippen LogP) is 3.12. The van der Waals surface area contributed by atoms with Crippen LogP contribution in [-0.2, 0) is 4.79 Å². The Bertz CT molecular complexity index is 290. The quantitative estimate of drug-likeness (QED) is 0.778. The van der Waals surface area contributed by atoms with Gasteiger partial charge in [0.25, 0.3) is 0 Å². The minimum Gasteiger partial charge on any atom is -0.305 e. The van der Waals surface area contributed by atoms with E-state index in [1.54, 1.807) is 11.9 Å². The van der Waals surface area contributed by atoms with Crippen LogP contribution in [0.4, 0.5) is 13.2 Å². The lowest BCUT2D eigenvalue weighted by molar-refractivity contribution is -0.138. The van der Waals surface area contributed by atoms with Gasteiger partial charge in [0, 0.05) is 25.4 Å². The average Bonchev–Trinajstić information content (AvgIpc) is 2.19. The zero-order valence-corrected chi connectivity index (χ0v) is 11.3. The second-order valence-corrected chi connectivity index (χ2v) is 5.72. The lowest BCUT2D eigenvalue weighted by Gasteiger charge is -2.34. The molecule has 0 bridgehead atoms. The molecule has 2 nitrogen and oxygen atoms in total. The van der Waals surface area contributed by atoms with Crippen molar-refractivity contribution in [2.24, 2.45) is 17.8 Å². The minimum atomic E-state index is -4.12. The first-order valence-electron chi connectivity index (χ1n) is 6.47. The summed E-state index contributed by atoms with van der Waals surface area (Å²) in [5, 5.41) is 0. The summed E-state index contributed by atoms with van der Waals surface area (Å²) in [6, 6.07) is 0. The topological polar surface area (TPSA) is 20.3 Å². The normalized spacial score (nSPS) is 29.9. The van der Waals surface area contributed by atoms with Crippen LogP contribution in [0.25, 0.3) is 0 Å². The van der Waals surface area contributed by atoms with E-state index in [0.29, 0.717) is 18.9 Å². The van der Waals surface area contributed by atoms with E-state index in [9.17, 15) is 18.0 Å². The summed E-state index contributed by atoms with van der Waals surface area (Å²) in [5.74, 6) is 0.790. The fraction of sp³-hybridized carbons (Fsp3) is 0.923. The van der Waals surface area contributed by atoms with Crippen LogP contribution in [-0.4, -0.2) is 37.0 Å². The van der Waals surface area contributed by atoms with Crippen molar-refractivity contribution in [2.45, 2.75) is 39.3 Å². The number of ketones is 1. The second kappa shape index (κ2) is 6.04. The van der Waals surface area contributed by atoms with Gasteiger partial charge in [-0.25, -0.2) is 0 Å². The second-order valence-electron chi connectivity index (χ2n) is 5.72. The Morgan fingerprint density at radius 3 is 2.44 bits per heavy atom. The molecule has 1 rings (SSSR count). The van der Waals surface area contributed by atoms with Crippen molar-refractivity contribution in [3.05, 3.63) is 0 Å². The molecule has 18 heavy (non-hydrogen) atoms. The molecule has 0 aromatic carbocycles. The van der Waals surface area contributed by atoms with Crippen molar-refractivity contribution in [1.82, 2.24) is 4.90 Å². The highest BCUT2D eigenvalue weighted by atomic mass is 19.4. The molecule has 0 N–H and O–H groups in total. The Morgan fingerprint density at radius 1 is 1.33 bits per heavy atom. The van der Waals surface area contributed by atoms with Gasteiger partial charge in [0.15, 0.2) is 0 Å². The van der Waals surface area contributed by atoms with Gasteiger partial charge in [0.05, 0.1) is 6.42 Å². The summed E-state index contributed by atoms with van der Waals surface area (Å²) in [7, 11) is 1.66. The molecule has 0 radical (unpaired) electrons. The Morgan fingerprint density at radius 2 is 1.94 bits per heavy atom. The van der Waals surface area contributed by atoms with Crippen molar-refractivity contribution in [1.29, 1.82) is 0 Å². The third kappa shape index (κ3) is 4.96. The summed E-state index contributed by atoms with van der Waals surface area (Å²) in [6.45, 7) is 4.49. The zero-order valence-electron chi connectivity index (χ0n) is 11.3. The number of halogens is 3. The van der Waals surface area contributed by atoms with Crippen LogP contribution in [0, 0.1) is 17.8 Å². The summed E-state index contributed by atoms with van der Waals surface area (Å²) in [6.07, 6.45) is -3.37. The molecule has 0 spiro atoms. The fourth-order valence-electron chi connectivity index (χ4n) is 2.72. The Hall–Kier alpha value is -0.580. The van der Waals surface area contributed by atoms with Crippen LogP contribution in [0.15, 0.2) is 0 Å². The molecular weight excluding hydrogens is 243 g/mol. The highest BCUT2D eigenvalue weighted by molar-refractivity contribution is 5.82. The number of hydrogen-bond acceptors (Lipinski definition) is 2. The molecule has 106 valence electrons. The van der Waals surface area contributed by atoms with Crippen molar-refractivity contribution in [3.63, 3.8) is 0 Å². The number of rotatable bonds is 4. The molecule has 3 unspecified atom stereocenters. The van der Waals surface area contributed by atoms with Gasteiger partial charge in [0.1, 0.15) is 5.78 Å². The Balaban J connectivity index is 2.43. The molecule has 3 atom stereocenters. The van der Waals surface area contributed by atoms with E-state index >= 15 is 0 Å². The van der Waals surface area contributed by atoms with Gasteiger partial charge in [-0.15, -0.1) is 0 Å². The first-order chi connectivity index (χ1) is 8.19. The molecule has 0 amide bonds. The van der Waals surface area contributed by atoms with E-state index < -0.39 is 12.6 Å². The smallest absolute Gasteiger partial charge is 0.305 e. The summed E-state index contributed by atoms with van der Waals surface area (Å²) < 4.78 is 36.3.